The predicted octanol–water partition coefficient (Wildman–Crippen LogP) is 6.82. The van der Waals surface area contributed by atoms with Crippen molar-refractivity contribution in [3.8, 4) is 5.75 Å². The van der Waals surface area contributed by atoms with E-state index in [2.05, 4.69) is 0 Å². The first-order valence-electron chi connectivity index (χ1n) is 12.4. The van der Waals surface area contributed by atoms with Crippen LogP contribution in [0.4, 0.5) is 0 Å². The van der Waals surface area contributed by atoms with Gasteiger partial charge in [-0.15, -0.1) is 0 Å². The molecule has 9 nitrogen and oxygen atoms in total. The molecule has 0 aliphatic rings. The molecule has 0 amide bonds. The maximum atomic E-state index is 13.1. The van der Waals surface area contributed by atoms with Crippen molar-refractivity contribution in [3.63, 3.8) is 0 Å². The molecule has 0 aromatic heterocycles. The summed E-state index contributed by atoms with van der Waals surface area (Å²) in [5.41, 5.74) is 2.02. The van der Waals surface area contributed by atoms with Crippen LogP contribution >= 0.6 is 15.5 Å². The summed E-state index contributed by atoms with van der Waals surface area (Å²) in [6.07, 6.45) is 3.12. The van der Waals surface area contributed by atoms with Gasteiger partial charge in [0.1, 0.15) is 0 Å². The molecule has 2 aromatic rings. The number of benzene rings is 2. The van der Waals surface area contributed by atoms with Crippen LogP contribution in [0.2, 0.25) is 0 Å². The zero-order valence-electron chi connectivity index (χ0n) is 22.5. The minimum absolute atomic E-state index is 0.188. The molecule has 38 heavy (non-hydrogen) atoms. The molecule has 0 saturated heterocycles. The number of carbonyl (C=O) groups excluding carboxylic acids is 1. The van der Waals surface area contributed by atoms with Crippen LogP contribution in [0.25, 0.3) is 12.2 Å². The van der Waals surface area contributed by atoms with Crippen molar-refractivity contribution < 1.29 is 41.8 Å². The third-order valence-corrected chi connectivity index (χ3v) is 8.77. The SMILES string of the molecule is CCOP(=O)(/C=C/c1cc(C(=O)OC)cc(/C=C/[PH](O)(OCC)OCC)c1OCc1ccccc1)OCC. The molecule has 11 heteroatoms. The topological polar surface area (TPSA) is 110 Å². The van der Waals surface area contributed by atoms with Crippen LogP contribution in [0.5, 0.6) is 5.75 Å². The van der Waals surface area contributed by atoms with Crippen molar-refractivity contribution in [2.45, 2.75) is 34.3 Å². The molecule has 0 aliphatic heterocycles. The molecule has 2 aromatic carbocycles. The summed E-state index contributed by atoms with van der Waals surface area (Å²) < 4.78 is 46.0. The molecule has 0 saturated carbocycles. The Kier molecular flexibility index (Phi) is 13.3. The summed E-state index contributed by atoms with van der Waals surface area (Å²) in [7, 11) is -5.90. The van der Waals surface area contributed by atoms with Crippen molar-refractivity contribution in [3.05, 3.63) is 76.4 Å². The Bertz CT molecular complexity index is 1120. The van der Waals surface area contributed by atoms with E-state index in [-0.39, 0.29) is 38.6 Å². The number of carbonyl (C=O) groups is 1. The molecule has 210 valence electrons. The molecule has 0 radical (unpaired) electrons. The van der Waals surface area contributed by atoms with E-state index < -0.39 is 21.5 Å². The summed E-state index contributed by atoms with van der Waals surface area (Å²) in [6.45, 7) is 8.06. The molecule has 0 unspecified atom stereocenters. The van der Waals surface area contributed by atoms with Gasteiger partial charge in [0.25, 0.3) is 0 Å². The number of rotatable bonds is 16. The quantitative estimate of drug-likeness (QED) is 0.172. The predicted molar refractivity (Wildman–Crippen MR) is 151 cm³/mol. The Morgan fingerprint density at radius 1 is 0.921 bits per heavy atom. The average molecular weight is 569 g/mol. The van der Waals surface area contributed by atoms with Crippen molar-refractivity contribution in [2.75, 3.05) is 33.5 Å². The molecule has 0 spiro atoms. The van der Waals surface area contributed by atoms with E-state index in [1.54, 1.807) is 45.9 Å². The van der Waals surface area contributed by atoms with Crippen molar-refractivity contribution in [2.24, 2.45) is 0 Å². The summed E-state index contributed by atoms with van der Waals surface area (Å²) in [5.74, 6) is 2.59. The van der Waals surface area contributed by atoms with Gasteiger partial charge in [-0.1, -0.05) is 0 Å². The van der Waals surface area contributed by atoms with Crippen LogP contribution in [-0.4, -0.2) is 44.4 Å². The molecule has 0 fully saturated rings. The van der Waals surface area contributed by atoms with Crippen molar-refractivity contribution in [1.29, 1.82) is 0 Å². The van der Waals surface area contributed by atoms with E-state index >= 15 is 0 Å². The van der Waals surface area contributed by atoms with Gasteiger partial charge in [0.2, 0.25) is 0 Å². The molecule has 1 N–H and O–H groups in total. The van der Waals surface area contributed by atoms with Gasteiger partial charge in [-0.2, -0.15) is 0 Å². The number of ether oxygens (including phenoxy) is 2. The van der Waals surface area contributed by atoms with E-state index in [4.69, 9.17) is 27.6 Å². The second-order valence-corrected chi connectivity index (χ2v) is 11.8. The fourth-order valence-corrected chi connectivity index (χ4v) is 6.26. The maximum absolute atomic E-state index is 13.1. The van der Waals surface area contributed by atoms with Gasteiger partial charge in [0, 0.05) is 0 Å². The molecular weight excluding hydrogens is 530 g/mol. The molecule has 0 bridgehead atoms. The first-order chi connectivity index (χ1) is 18.2. The van der Waals surface area contributed by atoms with Crippen LogP contribution in [0.3, 0.4) is 0 Å². The first kappa shape index (κ1) is 31.9. The number of hydrogen-bond acceptors (Lipinski definition) is 9. The Balaban J connectivity index is 2.68. The Morgan fingerprint density at radius 2 is 1.50 bits per heavy atom. The zero-order valence-corrected chi connectivity index (χ0v) is 24.4. The molecule has 2 rings (SSSR count). The summed E-state index contributed by atoms with van der Waals surface area (Å²) in [6, 6.07) is 12.7. The normalized spacial score (nSPS) is 12.8. The van der Waals surface area contributed by atoms with Gasteiger partial charge in [-0.3, -0.25) is 0 Å². The minimum atomic E-state index is -3.64. The van der Waals surface area contributed by atoms with Crippen LogP contribution in [0.15, 0.2) is 54.1 Å². The average Bonchev–Trinajstić information content (AvgIpc) is 2.90. The van der Waals surface area contributed by atoms with Crippen molar-refractivity contribution >= 4 is 33.7 Å². The van der Waals surface area contributed by atoms with Gasteiger partial charge < -0.3 is 0 Å². The van der Waals surface area contributed by atoms with Crippen LogP contribution in [-0.2, 0) is 34.0 Å². The second kappa shape index (κ2) is 15.9. The first-order valence-corrected chi connectivity index (χ1v) is 15.9. The van der Waals surface area contributed by atoms with Gasteiger partial charge in [-0.05, 0) is 0 Å². The van der Waals surface area contributed by atoms with Crippen LogP contribution in [0.1, 0.15) is 54.7 Å². The van der Waals surface area contributed by atoms with Gasteiger partial charge in [0.05, 0.1) is 0 Å². The number of methoxy groups -OCH3 is 1. The summed E-state index contributed by atoms with van der Waals surface area (Å²) in [5, 5.41) is 0. The molecule has 0 heterocycles. The van der Waals surface area contributed by atoms with Gasteiger partial charge in [0.15, 0.2) is 0 Å². The number of hydrogen-bond donors (Lipinski definition) is 1. The van der Waals surface area contributed by atoms with Crippen LogP contribution in [0, 0.1) is 0 Å². The second-order valence-electron chi connectivity index (χ2n) is 7.77. The third kappa shape index (κ3) is 9.75. The standard InChI is InChI=1S/C27H38O9P2/c1-6-33-37(29,34-7-2)17-15-23-19-25(27(28)31-5)20-24(16-18-38(30,35-8-3)36-9-4)26(23)32-21-22-13-11-10-12-14-22/h10-20,29,37H,6-9,21H2,1-5H3/b17-15+,18-16+. The monoisotopic (exact) mass is 568 g/mol. The Morgan fingerprint density at radius 3 is 2.03 bits per heavy atom. The molecule has 0 aliphatic carbocycles. The van der Waals surface area contributed by atoms with E-state index in [9.17, 15) is 14.3 Å². The third-order valence-electron chi connectivity index (χ3n) is 5.02. The molecular formula is C27H38O9P2. The Labute approximate surface area is 225 Å². The Hall–Kier alpha value is -2.35. The van der Waals surface area contributed by atoms with Gasteiger partial charge in [-0.25, -0.2) is 0 Å². The molecule has 0 atom stereocenters. The van der Waals surface area contributed by atoms with Crippen molar-refractivity contribution in [1.82, 2.24) is 0 Å². The summed E-state index contributed by atoms with van der Waals surface area (Å²) >= 11 is 0. The van der Waals surface area contributed by atoms with E-state index in [1.165, 1.54) is 24.8 Å². The fraction of sp³-hybridized carbons (Fsp3) is 0.370. The summed E-state index contributed by atoms with van der Waals surface area (Å²) in [4.78, 5) is 23.4. The van der Waals surface area contributed by atoms with E-state index in [1.807, 2.05) is 30.3 Å². The van der Waals surface area contributed by atoms with Crippen LogP contribution < -0.4 is 4.74 Å². The van der Waals surface area contributed by atoms with E-state index in [0.29, 0.717) is 16.9 Å². The van der Waals surface area contributed by atoms with E-state index in [0.717, 1.165) is 5.56 Å². The fourth-order valence-electron chi connectivity index (χ4n) is 3.46. The number of esters is 1. The van der Waals surface area contributed by atoms with Gasteiger partial charge >= 0.3 is 225 Å². The zero-order chi connectivity index (χ0) is 28.0.